The van der Waals surface area contributed by atoms with Crippen LogP contribution in [0.2, 0.25) is 5.22 Å². The Morgan fingerprint density at radius 1 is 1.15 bits per heavy atom. The Morgan fingerprint density at radius 2 is 1.93 bits per heavy atom. The van der Waals surface area contributed by atoms with Crippen LogP contribution in [-0.2, 0) is 0 Å². The van der Waals surface area contributed by atoms with Gasteiger partial charge in [-0.2, -0.15) is 0 Å². The molecule has 2 N–H and O–H groups in total. The largest absolute Gasteiger partial charge is 0.441 e. The van der Waals surface area contributed by atoms with Gasteiger partial charge in [0.15, 0.2) is 16.8 Å². The van der Waals surface area contributed by atoms with Crippen molar-refractivity contribution in [2.45, 2.75) is 0 Å². The first-order valence-corrected chi connectivity index (χ1v) is 8.19. The lowest BCUT2D eigenvalue weighted by Gasteiger charge is -2.05. The summed E-state index contributed by atoms with van der Waals surface area (Å²) >= 11 is 5.80. The Labute approximate surface area is 156 Å². The lowest BCUT2D eigenvalue weighted by molar-refractivity contribution is -0.384. The molecule has 0 fully saturated rings. The molecule has 0 unspecified atom stereocenters. The number of halogens is 1. The first-order valence-electron chi connectivity index (χ1n) is 7.81. The topological polar surface area (TPSA) is 114 Å². The number of fused-ring (bicyclic) bond motifs is 1. The van der Waals surface area contributed by atoms with E-state index in [1.54, 1.807) is 30.3 Å². The monoisotopic (exact) mass is 382 g/mol. The number of aromatic amines is 1. The van der Waals surface area contributed by atoms with Crippen molar-refractivity contribution >= 4 is 39.9 Å². The van der Waals surface area contributed by atoms with Gasteiger partial charge in [-0.25, -0.2) is 4.98 Å². The molecule has 9 heteroatoms. The van der Waals surface area contributed by atoms with Crippen LogP contribution < -0.4 is 5.32 Å². The molecule has 0 aliphatic carbocycles. The molecule has 2 aromatic heterocycles. The maximum absolute atomic E-state index is 12.7. The van der Waals surface area contributed by atoms with Gasteiger partial charge in [0.05, 0.1) is 16.0 Å². The molecule has 4 rings (SSSR count). The van der Waals surface area contributed by atoms with E-state index in [1.807, 2.05) is 0 Å². The first kappa shape index (κ1) is 16.8. The third-order valence-electron chi connectivity index (χ3n) is 3.90. The fourth-order valence-corrected chi connectivity index (χ4v) is 2.78. The molecule has 0 saturated heterocycles. The number of aromatic nitrogens is 2. The molecule has 8 nitrogen and oxygen atoms in total. The van der Waals surface area contributed by atoms with Gasteiger partial charge >= 0.3 is 0 Å². The zero-order chi connectivity index (χ0) is 19.0. The predicted molar refractivity (Wildman–Crippen MR) is 99.9 cm³/mol. The van der Waals surface area contributed by atoms with E-state index in [0.717, 1.165) is 0 Å². The van der Waals surface area contributed by atoms with Gasteiger partial charge in [0.1, 0.15) is 5.52 Å². The maximum Gasteiger partial charge on any atom is 0.269 e. The van der Waals surface area contributed by atoms with Gasteiger partial charge in [0.25, 0.3) is 11.6 Å². The molecular weight excluding hydrogens is 372 g/mol. The van der Waals surface area contributed by atoms with E-state index >= 15 is 0 Å². The highest BCUT2D eigenvalue weighted by molar-refractivity contribution is 6.29. The fourth-order valence-electron chi connectivity index (χ4n) is 2.64. The fraction of sp³-hybridized carbons (Fsp3) is 0. The van der Waals surface area contributed by atoms with Crippen molar-refractivity contribution in [3.63, 3.8) is 0 Å². The molecular formula is C18H11ClN4O4. The van der Waals surface area contributed by atoms with E-state index in [1.165, 1.54) is 24.3 Å². The summed E-state index contributed by atoms with van der Waals surface area (Å²) in [5.41, 5.74) is 1.87. The van der Waals surface area contributed by atoms with Gasteiger partial charge in [-0.1, -0.05) is 6.07 Å². The van der Waals surface area contributed by atoms with E-state index in [0.29, 0.717) is 33.9 Å². The first-order chi connectivity index (χ1) is 13.0. The van der Waals surface area contributed by atoms with Crippen LogP contribution in [0.15, 0.2) is 59.0 Å². The molecule has 27 heavy (non-hydrogen) atoms. The number of imidazole rings is 1. The summed E-state index contributed by atoms with van der Waals surface area (Å²) in [6, 6.07) is 14.0. The van der Waals surface area contributed by atoms with Crippen molar-refractivity contribution in [3.05, 3.63) is 75.5 Å². The van der Waals surface area contributed by atoms with Crippen molar-refractivity contribution in [1.82, 2.24) is 9.97 Å². The van der Waals surface area contributed by atoms with Gasteiger partial charge in [0, 0.05) is 17.8 Å². The number of benzene rings is 2. The summed E-state index contributed by atoms with van der Waals surface area (Å²) < 4.78 is 5.34. The van der Waals surface area contributed by atoms with Gasteiger partial charge < -0.3 is 14.7 Å². The van der Waals surface area contributed by atoms with Gasteiger partial charge in [0.2, 0.25) is 0 Å². The molecule has 0 atom stereocenters. The number of rotatable bonds is 4. The minimum Gasteiger partial charge on any atom is -0.441 e. The lowest BCUT2D eigenvalue weighted by atomic mass is 10.1. The highest BCUT2D eigenvalue weighted by atomic mass is 35.5. The van der Waals surface area contributed by atoms with Crippen LogP contribution in [0.5, 0.6) is 0 Å². The molecule has 0 aliphatic heterocycles. The Hall–Kier alpha value is -3.65. The van der Waals surface area contributed by atoms with E-state index < -0.39 is 4.92 Å². The number of non-ortho nitro benzene ring substituents is 1. The Kier molecular flexibility index (Phi) is 4.09. The summed E-state index contributed by atoms with van der Waals surface area (Å²) in [7, 11) is 0. The van der Waals surface area contributed by atoms with Crippen molar-refractivity contribution in [2.24, 2.45) is 0 Å². The Balaban J connectivity index is 1.65. The number of furan rings is 1. The van der Waals surface area contributed by atoms with Crippen LogP contribution in [0.3, 0.4) is 0 Å². The van der Waals surface area contributed by atoms with Gasteiger partial charge in [-0.05, 0) is 48.0 Å². The zero-order valence-electron chi connectivity index (χ0n) is 13.6. The van der Waals surface area contributed by atoms with Crippen LogP contribution in [0.25, 0.3) is 22.6 Å². The number of carbonyl (C=O) groups excluding carboxylic acids is 1. The number of hydrogen-bond acceptors (Lipinski definition) is 5. The second kappa shape index (κ2) is 6.58. The van der Waals surface area contributed by atoms with E-state index in [2.05, 4.69) is 15.3 Å². The molecule has 0 aliphatic rings. The van der Waals surface area contributed by atoms with Crippen LogP contribution in [-0.4, -0.2) is 20.8 Å². The van der Waals surface area contributed by atoms with Crippen molar-refractivity contribution in [2.75, 3.05) is 5.32 Å². The number of para-hydroxylation sites is 1. The van der Waals surface area contributed by atoms with Gasteiger partial charge in [-0.15, -0.1) is 0 Å². The number of nitrogens with zero attached hydrogens (tertiary/aromatic N) is 2. The van der Waals surface area contributed by atoms with Crippen molar-refractivity contribution in [1.29, 1.82) is 0 Å². The summed E-state index contributed by atoms with van der Waals surface area (Å²) in [5.74, 6) is 0.524. The van der Waals surface area contributed by atoms with Crippen LogP contribution >= 0.6 is 11.6 Å². The van der Waals surface area contributed by atoms with E-state index in [9.17, 15) is 14.9 Å². The van der Waals surface area contributed by atoms with Crippen LogP contribution in [0.4, 0.5) is 11.4 Å². The minimum absolute atomic E-state index is 0.0517. The van der Waals surface area contributed by atoms with Crippen molar-refractivity contribution in [3.8, 4) is 11.6 Å². The van der Waals surface area contributed by atoms with Gasteiger partial charge in [-0.3, -0.25) is 14.9 Å². The summed E-state index contributed by atoms with van der Waals surface area (Å²) in [4.78, 5) is 30.4. The number of hydrogen-bond donors (Lipinski definition) is 2. The highest BCUT2D eigenvalue weighted by Crippen LogP contribution is 2.26. The second-order valence-electron chi connectivity index (χ2n) is 5.65. The number of nitro benzene ring substituents is 1. The number of nitrogens with one attached hydrogen (secondary N) is 2. The number of carbonyl (C=O) groups is 1. The maximum atomic E-state index is 12.7. The molecule has 0 radical (unpaired) electrons. The zero-order valence-corrected chi connectivity index (χ0v) is 14.4. The van der Waals surface area contributed by atoms with Crippen LogP contribution in [0.1, 0.15) is 10.4 Å². The predicted octanol–water partition coefficient (Wildman–Crippen LogP) is 4.64. The normalized spacial score (nSPS) is 10.9. The number of H-pyrrole nitrogens is 1. The molecule has 1 amide bonds. The third kappa shape index (κ3) is 3.25. The molecule has 0 saturated carbocycles. The Morgan fingerprint density at radius 3 is 2.59 bits per heavy atom. The quantitative estimate of drug-likeness (QED) is 0.394. The van der Waals surface area contributed by atoms with Crippen molar-refractivity contribution < 1.29 is 14.1 Å². The average Bonchev–Trinajstić information content (AvgIpc) is 3.27. The molecule has 2 aromatic carbocycles. The molecule has 0 spiro atoms. The minimum atomic E-state index is -0.502. The third-order valence-corrected chi connectivity index (χ3v) is 4.10. The smallest absolute Gasteiger partial charge is 0.269 e. The molecule has 0 bridgehead atoms. The average molecular weight is 383 g/mol. The van der Waals surface area contributed by atoms with Crippen LogP contribution in [0, 0.1) is 10.1 Å². The summed E-state index contributed by atoms with van der Waals surface area (Å²) in [6.45, 7) is 0. The Bertz CT molecular complexity index is 1160. The number of nitro groups is 1. The number of anilines is 1. The number of amides is 1. The second-order valence-corrected chi connectivity index (χ2v) is 6.02. The molecule has 134 valence electrons. The molecule has 4 aromatic rings. The lowest BCUT2D eigenvalue weighted by Crippen LogP contribution is -2.12. The highest BCUT2D eigenvalue weighted by Gasteiger charge is 2.16. The summed E-state index contributed by atoms with van der Waals surface area (Å²) in [5, 5.41) is 13.7. The van der Waals surface area contributed by atoms with E-state index in [4.69, 9.17) is 16.0 Å². The van der Waals surface area contributed by atoms with E-state index in [-0.39, 0.29) is 16.8 Å². The SMILES string of the molecule is O=C(Nc1ccc([N+](=O)[O-])cc1)c1cccc2[nH]c(-c3ccc(Cl)o3)nc12. The standard InChI is InChI=1S/C18H11ClN4O4/c19-15-9-8-14(27-15)17-21-13-3-1-2-12(16(13)22-17)18(24)20-10-4-6-11(7-5-10)23(25)26/h1-9H,(H,20,24)(H,21,22). The summed E-state index contributed by atoms with van der Waals surface area (Å²) in [6.07, 6.45) is 0. The molecule has 2 heterocycles.